The summed E-state index contributed by atoms with van der Waals surface area (Å²) in [4.78, 5) is 39.5. The highest BCUT2D eigenvalue weighted by Crippen LogP contribution is 2.44. The van der Waals surface area contributed by atoms with Crippen molar-refractivity contribution in [3.8, 4) is 11.1 Å². The molecule has 2 N–H and O–H groups in total. The minimum absolute atomic E-state index is 0.0921. The Balaban J connectivity index is 1.78. The van der Waals surface area contributed by atoms with E-state index in [1.54, 1.807) is 20.8 Å². The number of fused-ring (bicyclic) bond motifs is 3. The highest BCUT2D eigenvalue weighted by atomic mass is 16.6. The molecule has 8 heteroatoms. The second-order valence-corrected chi connectivity index (χ2v) is 10.9. The normalized spacial score (nSPS) is 15.4. The van der Waals surface area contributed by atoms with Crippen LogP contribution in [-0.4, -0.2) is 65.4 Å². The molecule has 0 bridgehead atoms. The van der Waals surface area contributed by atoms with Gasteiger partial charge in [0.1, 0.15) is 18.7 Å². The van der Waals surface area contributed by atoms with E-state index in [0.717, 1.165) is 27.2 Å². The molecule has 37 heavy (non-hydrogen) atoms. The van der Waals surface area contributed by atoms with Gasteiger partial charge >= 0.3 is 12.1 Å². The molecule has 0 radical (unpaired) electrons. The van der Waals surface area contributed by atoms with Gasteiger partial charge in [-0.05, 0) is 55.9 Å². The fourth-order valence-electron chi connectivity index (χ4n) is 5.03. The van der Waals surface area contributed by atoms with Crippen LogP contribution < -0.4 is 5.32 Å². The zero-order chi connectivity index (χ0) is 27.5. The third-order valence-corrected chi connectivity index (χ3v) is 6.54. The van der Waals surface area contributed by atoms with Crippen molar-refractivity contribution in [1.29, 1.82) is 0 Å². The summed E-state index contributed by atoms with van der Waals surface area (Å²) in [5.74, 6) is -2.14. The maximum absolute atomic E-state index is 13.5. The number of likely N-dealkylation sites (N-methyl/N-ethyl adjacent to an activating group) is 1. The van der Waals surface area contributed by atoms with Gasteiger partial charge in [-0.25, -0.2) is 9.59 Å². The first-order valence-corrected chi connectivity index (χ1v) is 12.6. The third-order valence-electron chi connectivity index (χ3n) is 6.54. The number of hydrogen-bond acceptors (Lipinski definition) is 5. The molecule has 8 nitrogen and oxygen atoms in total. The lowest BCUT2D eigenvalue weighted by atomic mass is 9.98. The molecular weight excluding hydrogens is 472 g/mol. The van der Waals surface area contributed by atoms with Crippen LogP contribution in [0.15, 0.2) is 48.5 Å². The van der Waals surface area contributed by atoms with E-state index in [0.29, 0.717) is 0 Å². The van der Waals surface area contributed by atoms with E-state index in [1.165, 1.54) is 7.05 Å². The summed E-state index contributed by atoms with van der Waals surface area (Å²) in [6, 6.07) is 13.9. The summed E-state index contributed by atoms with van der Waals surface area (Å²) in [7, 11) is 1.43. The van der Waals surface area contributed by atoms with Crippen LogP contribution in [0.1, 0.15) is 58.6 Å². The maximum Gasteiger partial charge on any atom is 0.407 e. The van der Waals surface area contributed by atoms with Crippen molar-refractivity contribution in [3.63, 3.8) is 0 Å². The SMILES string of the molecule is CC(C)[C@@H](C(=O)O)N(C)C(=O)[C@@H](NC(=O)OCC1c2ccccc2-c2ccccc21)[C@@H](C)OC(C)(C)C. The number of carboxylic acid groups (broad SMARTS) is 1. The lowest BCUT2D eigenvalue weighted by Crippen LogP contribution is -2.58. The first kappa shape index (κ1) is 28.2. The van der Waals surface area contributed by atoms with Crippen molar-refractivity contribution in [3.05, 3.63) is 59.7 Å². The molecule has 2 aromatic rings. The van der Waals surface area contributed by atoms with E-state index < -0.39 is 41.8 Å². The zero-order valence-corrected chi connectivity index (χ0v) is 22.6. The monoisotopic (exact) mass is 510 g/mol. The standard InChI is InChI=1S/C29H38N2O6/c1-17(2)25(27(33)34)31(7)26(32)24(18(3)37-29(4,5)6)30-28(35)36-16-23-21-14-10-8-12-19(21)20-13-9-11-15-22(20)23/h8-15,17-18,23-25H,16H2,1-7H3,(H,30,35)(H,33,34)/t18-,24+,25+/m1/s1. The van der Waals surface area contributed by atoms with Crippen LogP contribution in [0.5, 0.6) is 0 Å². The van der Waals surface area contributed by atoms with E-state index in [9.17, 15) is 19.5 Å². The Morgan fingerprint density at radius 1 is 0.973 bits per heavy atom. The van der Waals surface area contributed by atoms with Gasteiger partial charge in [-0.15, -0.1) is 0 Å². The second kappa shape index (κ2) is 11.3. The Labute approximate surface area is 219 Å². The molecular formula is C29H38N2O6. The van der Waals surface area contributed by atoms with Crippen molar-refractivity contribution in [1.82, 2.24) is 10.2 Å². The van der Waals surface area contributed by atoms with Crippen LogP contribution in [0, 0.1) is 5.92 Å². The van der Waals surface area contributed by atoms with E-state index in [4.69, 9.17) is 9.47 Å². The number of rotatable bonds is 9. The fraction of sp³-hybridized carbons (Fsp3) is 0.483. The molecule has 0 unspecified atom stereocenters. The van der Waals surface area contributed by atoms with Gasteiger partial charge in [0.05, 0.1) is 11.7 Å². The summed E-state index contributed by atoms with van der Waals surface area (Å²) < 4.78 is 11.6. The average molecular weight is 511 g/mol. The molecule has 1 aliphatic carbocycles. The lowest BCUT2D eigenvalue weighted by molar-refractivity contribution is -0.154. The van der Waals surface area contributed by atoms with Crippen molar-refractivity contribution in [2.75, 3.05) is 13.7 Å². The van der Waals surface area contributed by atoms with Crippen LogP contribution in [0.2, 0.25) is 0 Å². The second-order valence-electron chi connectivity index (χ2n) is 10.9. The molecule has 2 aromatic carbocycles. The lowest BCUT2D eigenvalue weighted by Gasteiger charge is -2.35. The predicted molar refractivity (Wildman–Crippen MR) is 141 cm³/mol. The van der Waals surface area contributed by atoms with Gasteiger partial charge < -0.3 is 24.8 Å². The van der Waals surface area contributed by atoms with Crippen molar-refractivity contribution >= 4 is 18.0 Å². The topological polar surface area (TPSA) is 105 Å². The highest BCUT2D eigenvalue weighted by molar-refractivity contribution is 5.89. The van der Waals surface area contributed by atoms with Crippen LogP contribution in [0.4, 0.5) is 4.79 Å². The number of carboxylic acids is 1. The van der Waals surface area contributed by atoms with Crippen LogP contribution in [0.25, 0.3) is 11.1 Å². The summed E-state index contributed by atoms with van der Waals surface area (Å²) in [6.45, 7) is 10.8. The molecule has 0 aromatic heterocycles. The number of hydrogen-bond donors (Lipinski definition) is 2. The zero-order valence-electron chi connectivity index (χ0n) is 22.6. The molecule has 0 heterocycles. The Morgan fingerprint density at radius 2 is 1.49 bits per heavy atom. The van der Waals surface area contributed by atoms with Gasteiger partial charge in [-0.1, -0.05) is 62.4 Å². The van der Waals surface area contributed by atoms with Gasteiger partial charge in [0, 0.05) is 13.0 Å². The van der Waals surface area contributed by atoms with Gasteiger partial charge in [-0.2, -0.15) is 0 Å². The quantitative estimate of drug-likeness (QED) is 0.508. The van der Waals surface area contributed by atoms with E-state index >= 15 is 0 Å². The Morgan fingerprint density at radius 3 is 1.95 bits per heavy atom. The Bertz CT molecular complexity index is 1090. The van der Waals surface area contributed by atoms with E-state index in [2.05, 4.69) is 17.4 Å². The minimum atomic E-state index is -1.14. The van der Waals surface area contributed by atoms with Gasteiger partial charge in [0.2, 0.25) is 5.91 Å². The van der Waals surface area contributed by atoms with Crippen LogP contribution in [-0.2, 0) is 19.1 Å². The van der Waals surface area contributed by atoms with Gasteiger partial charge in [-0.3, -0.25) is 4.79 Å². The molecule has 0 saturated carbocycles. The smallest absolute Gasteiger partial charge is 0.407 e. The summed E-state index contributed by atoms with van der Waals surface area (Å²) >= 11 is 0. The first-order valence-electron chi connectivity index (χ1n) is 12.6. The van der Waals surface area contributed by atoms with E-state index in [-0.39, 0.29) is 18.4 Å². The molecule has 0 aliphatic heterocycles. The third kappa shape index (κ3) is 6.49. The number of carbonyl (C=O) groups is 3. The van der Waals surface area contributed by atoms with Crippen LogP contribution in [0.3, 0.4) is 0 Å². The Kier molecular flexibility index (Phi) is 8.64. The number of carbonyl (C=O) groups excluding carboxylic acids is 2. The summed E-state index contributed by atoms with van der Waals surface area (Å²) in [5, 5.41) is 12.3. The summed E-state index contributed by atoms with van der Waals surface area (Å²) in [6.07, 6.45) is -1.51. The number of nitrogens with zero attached hydrogens (tertiary/aromatic N) is 1. The largest absolute Gasteiger partial charge is 0.480 e. The number of aliphatic carboxylic acids is 1. The molecule has 3 rings (SSSR count). The number of amides is 2. The summed E-state index contributed by atoms with van der Waals surface area (Å²) in [5.41, 5.74) is 3.79. The molecule has 1 aliphatic rings. The van der Waals surface area contributed by atoms with Crippen molar-refractivity contribution in [2.45, 2.75) is 71.2 Å². The number of ether oxygens (including phenoxy) is 2. The average Bonchev–Trinajstić information content (AvgIpc) is 3.13. The Hall–Kier alpha value is -3.39. The molecule has 200 valence electrons. The molecule has 2 amide bonds. The molecule has 0 saturated heterocycles. The van der Waals surface area contributed by atoms with E-state index in [1.807, 2.05) is 57.2 Å². The van der Waals surface area contributed by atoms with Gasteiger partial charge in [0.15, 0.2) is 0 Å². The van der Waals surface area contributed by atoms with Gasteiger partial charge in [0.25, 0.3) is 0 Å². The number of benzene rings is 2. The number of alkyl carbamates (subject to hydrolysis) is 1. The molecule has 0 fully saturated rings. The maximum atomic E-state index is 13.5. The van der Waals surface area contributed by atoms with Crippen molar-refractivity contribution in [2.24, 2.45) is 5.92 Å². The molecule has 0 spiro atoms. The predicted octanol–water partition coefficient (Wildman–Crippen LogP) is 4.66. The molecule has 3 atom stereocenters. The first-order chi connectivity index (χ1) is 17.3. The fourth-order valence-corrected chi connectivity index (χ4v) is 5.03. The number of nitrogens with one attached hydrogen (secondary N) is 1. The highest BCUT2D eigenvalue weighted by Gasteiger charge is 2.38. The minimum Gasteiger partial charge on any atom is -0.480 e. The van der Waals surface area contributed by atoms with Crippen LogP contribution >= 0.6 is 0 Å². The van der Waals surface area contributed by atoms with Crippen molar-refractivity contribution < 1.29 is 29.0 Å².